The second kappa shape index (κ2) is 17.3. The molecule has 204 valence electrons. The highest BCUT2D eigenvalue weighted by Crippen LogP contribution is 2.23. The second-order valence-corrected chi connectivity index (χ2v) is 9.83. The fourth-order valence-corrected chi connectivity index (χ4v) is 4.56. The van der Waals surface area contributed by atoms with Crippen LogP contribution in [0.4, 0.5) is 4.79 Å². The molecule has 0 aliphatic carbocycles. The molecule has 0 bridgehead atoms. The Labute approximate surface area is 230 Å². The number of carbonyl (C=O) groups excluding carboxylic acids is 1. The van der Waals surface area contributed by atoms with Gasteiger partial charge in [0.15, 0.2) is 0 Å². The van der Waals surface area contributed by atoms with E-state index in [1.54, 1.807) is 0 Å². The highest BCUT2D eigenvalue weighted by Gasteiger charge is 2.18. The van der Waals surface area contributed by atoms with E-state index in [9.17, 15) is 4.79 Å². The van der Waals surface area contributed by atoms with Gasteiger partial charge in [-0.3, -0.25) is 0 Å². The first-order chi connectivity index (χ1) is 17.8. The van der Waals surface area contributed by atoms with Crippen molar-refractivity contribution in [3.8, 4) is 0 Å². The van der Waals surface area contributed by atoms with Gasteiger partial charge in [0.1, 0.15) is 0 Å². The van der Waals surface area contributed by atoms with E-state index in [0.717, 1.165) is 60.0 Å². The SMILES string of the molecule is C=C(NCC(CC1CCCOC1)NC)c1cc(Cl)cc(Cc2cccc(Cl)c2)c1.COC(=O)NCCO. The average molecular weight is 553 g/mol. The van der Waals surface area contributed by atoms with E-state index in [-0.39, 0.29) is 13.2 Å². The van der Waals surface area contributed by atoms with Gasteiger partial charge < -0.3 is 30.5 Å². The number of aliphatic hydroxyl groups excluding tert-OH is 1. The Morgan fingerprint density at radius 2 is 1.97 bits per heavy atom. The Morgan fingerprint density at radius 3 is 2.62 bits per heavy atom. The normalized spacial score (nSPS) is 15.6. The Morgan fingerprint density at radius 1 is 1.19 bits per heavy atom. The molecule has 4 N–H and O–H groups in total. The van der Waals surface area contributed by atoms with Gasteiger partial charge in [0.05, 0.1) is 13.7 Å². The number of aliphatic hydroxyl groups is 1. The summed E-state index contributed by atoms with van der Waals surface area (Å²) >= 11 is 12.5. The van der Waals surface area contributed by atoms with Gasteiger partial charge in [0.25, 0.3) is 0 Å². The highest BCUT2D eigenvalue weighted by atomic mass is 35.5. The number of benzene rings is 2. The summed E-state index contributed by atoms with van der Waals surface area (Å²) < 4.78 is 9.81. The molecule has 0 aromatic heterocycles. The third-order valence-electron chi connectivity index (χ3n) is 6.01. The molecule has 37 heavy (non-hydrogen) atoms. The van der Waals surface area contributed by atoms with Crippen molar-refractivity contribution < 1.29 is 19.4 Å². The Bertz CT molecular complexity index is 984. The van der Waals surface area contributed by atoms with Crippen molar-refractivity contribution in [3.63, 3.8) is 0 Å². The van der Waals surface area contributed by atoms with Crippen molar-refractivity contribution in [3.05, 3.63) is 75.8 Å². The molecule has 2 aromatic carbocycles. The first kappa shape index (κ1) is 30.9. The molecule has 7 nitrogen and oxygen atoms in total. The lowest BCUT2D eigenvalue weighted by atomic mass is 9.94. The maximum atomic E-state index is 10.1. The second-order valence-electron chi connectivity index (χ2n) is 8.96. The standard InChI is InChI=1S/C24H30Cl2N2O.C4H9NO3/c1-17(28-15-24(27-2)13-19-6-4-8-29-16-19)21-10-20(12-23(26)14-21)9-18-5-3-7-22(25)11-18;1-8-4(7)5-2-3-6/h3,5,7,10-12,14,19,24,27-28H,1,4,6,8-9,13,15-16H2,2H3;6H,2-3H2,1H3,(H,5,7). The number of ether oxygens (including phenoxy) is 2. The van der Waals surface area contributed by atoms with E-state index in [2.05, 4.69) is 39.4 Å². The van der Waals surface area contributed by atoms with Gasteiger partial charge in [0.2, 0.25) is 0 Å². The Balaban J connectivity index is 0.000000521. The first-order valence-electron chi connectivity index (χ1n) is 12.5. The number of alkyl carbamates (subject to hydrolysis) is 1. The molecule has 3 rings (SSSR count). The molecule has 1 aliphatic heterocycles. The van der Waals surface area contributed by atoms with E-state index >= 15 is 0 Å². The van der Waals surface area contributed by atoms with E-state index in [1.165, 1.54) is 20.0 Å². The van der Waals surface area contributed by atoms with Crippen LogP contribution in [0.15, 0.2) is 49.0 Å². The number of rotatable bonds is 11. The molecule has 0 saturated carbocycles. The molecule has 1 amide bonds. The summed E-state index contributed by atoms with van der Waals surface area (Å²) in [7, 11) is 3.29. The van der Waals surface area contributed by atoms with E-state index in [1.807, 2.05) is 37.4 Å². The molecule has 1 heterocycles. The molecule has 9 heteroatoms. The summed E-state index contributed by atoms with van der Waals surface area (Å²) in [5, 5.41) is 18.8. The quantitative estimate of drug-likeness (QED) is 0.318. The lowest BCUT2D eigenvalue weighted by Crippen LogP contribution is -2.38. The van der Waals surface area contributed by atoms with Crippen molar-refractivity contribution in [1.29, 1.82) is 0 Å². The summed E-state index contributed by atoms with van der Waals surface area (Å²) in [5.74, 6) is 0.631. The molecular weight excluding hydrogens is 513 g/mol. The van der Waals surface area contributed by atoms with E-state index in [0.29, 0.717) is 17.0 Å². The van der Waals surface area contributed by atoms with Gasteiger partial charge in [-0.1, -0.05) is 41.9 Å². The van der Waals surface area contributed by atoms with Crippen molar-refractivity contribution >= 4 is 35.0 Å². The van der Waals surface area contributed by atoms with Gasteiger partial charge >= 0.3 is 6.09 Å². The van der Waals surface area contributed by atoms with E-state index in [4.69, 9.17) is 33.0 Å². The summed E-state index contributed by atoms with van der Waals surface area (Å²) in [6.07, 6.45) is 3.78. The molecule has 2 aromatic rings. The summed E-state index contributed by atoms with van der Waals surface area (Å²) in [5.41, 5.74) is 4.21. The summed E-state index contributed by atoms with van der Waals surface area (Å²) in [6, 6.07) is 14.4. The third kappa shape index (κ3) is 12.2. The van der Waals surface area contributed by atoms with Crippen LogP contribution in [0.3, 0.4) is 0 Å². The fraction of sp³-hybridized carbons (Fsp3) is 0.464. The average Bonchev–Trinajstić information content (AvgIpc) is 2.90. The van der Waals surface area contributed by atoms with Crippen LogP contribution in [-0.4, -0.2) is 64.3 Å². The molecule has 2 atom stereocenters. The van der Waals surface area contributed by atoms with Crippen LogP contribution in [-0.2, 0) is 15.9 Å². The number of likely N-dealkylation sites (N-methyl/N-ethyl adjacent to an activating group) is 1. The fourth-order valence-electron chi connectivity index (χ4n) is 4.09. The topological polar surface area (TPSA) is 91.8 Å². The lowest BCUT2D eigenvalue weighted by molar-refractivity contribution is 0.0480. The van der Waals surface area contributed by atoms with Crippen LogP contribution >= 0.6 is 23.2 Å². The highest BCUT2D eigenvalue weighted by molar-refractivity contribution is 6.31. The number of nitrogens with one attached hydrogen (secondary N) is 3. The molecule has 0 radical (unpaired) electrons. The van der Waals surface area contributed by atoms with Crippen LogP contribution in [0.5, 0.6) is 0 Å². The van der Waals surface area contributed by atoms with Gasteiger partial charge in [-0.05, 0) is 85.7 Å². The number of halogens is 2. The molecule has 1 saturated heterocycles. The maximum absolute atomic E-state index is 10.1. The number of carbonyl (C=O) groups is 1. The van der Waals surface area contributed by atoms with Crippen LogP contribution in [0.25, 0.3) is 5.70 Å². The minimum atomic E-state index is -0.515. The van der Waals surface area contributed by atoms with Crippen molar-refractivity contribution in [2.75, 3.05) is 47.1 Å². The first-order valence-corrected chi connectivity index (χ1v) is 13.2. The Hall–Kier alpha value is -2.29. The van der Waals surface area contributed by atoms with Crippen molar-refractivity contribution in [1.82, 2.24) is 16.0 Å². The third-order valence-corrected chi connectivity index (χ3v) is 6.47. The largest absolute Gasteiger partial charge is 0.453 e. The van der Waals surface area contributed by atoms with Crippen LogP contribution in [0.1, 0.15) is 36.0 Å². The van der Waals surface area contributed by atoms with Crippen LogP contribution in [0.2, 0.25) is 10.0 Å². The van der Waals surface area contributed by atoms with Gasteiger partial charge in [-0.2, -0.15) is 0 Å². The smallest absolute Gasteiger partial charge is 0.406 e. The minimum Gasteiger partial charge on any atom is -0.453 e. The van der Waals surface area contributed by atoms with Crippen molar-refractivity contribution in [2.45, 2.75) is 31.7 Å². The number of amides is 1. The van der Waals surface area contributed by atoms with Crippen molar-refractivity contribution in [2.24, 2.45) is 5.92 Å². The van der Waals surface area contributed by atoms with E-state index < -0.39 is 6.09 Å². The predicted molar refractivity (Wildman–Crippen MR) is 151 cm³/mol. The lowest BCUT2D eigenvalue weighted by Gasteiger charge is -2.27. The molecule has 0 spiro atoms. The predicted octanol–water partition coefficient (Wildman–Crippen LogP) is 4.88. The zero-order valence-corrected chi connectivity index (χ0v) is 23.2. The minimum absolute atomic E-state index is 0.0604. The van der Waals surface area contributed by atoms with Gasteiger partial charge in [-0.15, -0.1) is 0 Å². The molecule has 1 aliphatic rings. The number of hydrogen-bond donors (Lipinski definition) is 4. The zero-order chi connectivity index (χ0) is 27.0. The summed E-state index contributed by atoms with van der Waals surface area (Å²) in [6.45, 7) is 7.02. The van der Waals surface area contributed by atoms with Crippen LogP contribution < -0.4 is 16.0 Å². The molecule has 2 unspecified atom stereocenters. The van der Waals surface area contributed by atoms with Gasteiger partial charge in [-0.25, -0.2) is 4.79 Å². The molecule has 1 fully saturated rings. The zero-order valence-electron chi connectivity index (χ0n) is 21.7. The van der Waals surface area contributed by atoms with Crippen LogP contribution in [0, 0.1) is 5.92 Å². The Kier molecular flexibility index (Phi) is 14.4. The number of methoxy groups -OCH3 is 1. The number of hydrogen-bond acceptors (Lipinski definition) is 6. The maximum Gasteiger partial charge on any atom is 0.406 e. The van der Waals surface area contributed by atoms with Gasteiger partial charge in [0, 0.05) is 48.1 Å². The summed E-state index contributed by atoms with van der Waals surface area (Å²) in [4.78, 5) is 10.1. The molecular formula is C28H39Cl2N3O4. The monoisotopic (exact) mass is 551 g/mol.